The van der Waals surface area contributed by atoms with E-state index in [-0.39, 0.29) is 18.1 Å². The molecular formula is C17H13ClN2O3. The van der Waals surface area contributed by atoms with Crippen LogP contribution in [0.25, 0.3) is 6.08 Å². The Morgan fingerprint density at radius 2 is 1.96 bits per heavy atom. The van der Waals surface area contributed by atoms with Crippen molar-refractivity contribution in [1.82, 2.24) is 10.2 Å². The Balaban J connectivity index is 1.70. The third-order valence-corrected chi connectivity index (χ3v) is 3.53. The minimum absolute atomic E-state index is 0.196. The Morgan fingerprint density at radius 3 is 2.65 bits per heavy atom. The molecule has 1 N–H and O–H groups in total. The molecule has 5 nitrogen and oxygen atoms in total. The van der Waals surface area contributed by atoms with Crippen molar-refractivity contribution in [3.63, 3.8) is 0 Å². The largest absolute Gasteiger partial charge is 0.465 e. The maximum atomic E-state index is 12.3. The van der Waals surface area contributed by atoms with Crippen molar-refractivity contribution in [3.8, 4) is 0 Å². The number of carbonyl (C=O) groups excluding carboxylic acids is 2. The van der Waals surface area contributed by atoms with Gasteiger partial charge in [0, 0.05) is 5.02 Å². The number of urea groups is 1. The molecule has 3 amide bonds. The van der Waals surface area contributed by atoms with Crippen molar-refractivity contribution in [2.45, 2.75) is 6.54 Å². The zero-order chi connectivity index (χ0) is 16.2. The lowest BCUT2D eigenvalue weighted by molar-refractivity contribution is -0.123. The second kappa shape index (κ2) is 6.54. The van der Waals surface area contributed by atoms with Crippen LogP contribution < -0.4 is 5.32 Å². The van der Waals surface area contributed by atoms with Gasteiger partial charge in [-0.1, -0.05) is 29.8 Å². The first-order chi connectivity index (χ1) is 11.1. The normalized spacial score (nSPS) is 16.6. The van der Waals surface area contributed by atoms with Crippen LogP contribution in [0.3, 0.4) is 0 Å². The van der Waals surface area contributed by atoms with Crippen LogP contribution in [0.2, 0.25) is 5.02 Å². The Hall–Kier alpha value is -2.79. The number of allylic oxidation sites excluding steroid dienone is 2. The van der Waals surface area contributed by atoms with Crippen LogP contribution in [0.4, 0.5) is 4.79 Å². The van der Waals surface area contributed by atoms with E-state index in [0.717, 1.165) is 10.5 Å². The van der Waals surface area contributed by atoms with E-state index in [0.29, 0.717) is 10.8 Å². The molecule has 2 heterocycles. The van der Waals surface area contributed by atoms with Crippen LogP contribution in [0.5, 0.6) is 0 Å². The molecule has 0 bridgehead atoms. The monoisotopic (exact) mass is 328 g/mol. The van der Waals surface area contributed by atoms with Gasteiger partial charge >= 0.3 is 6.03 Å². The van der Waals surface area contributed by atoms with Crippen molar-refractivity contribution in [2.75, 3.05) is 0 Å². The summed E-state index contributed by atoms with van der Waals surface area (Å²) in [5.41, 5.74) is 1.05. The van der Waals surface area contributed by atoms with Gasteiger partial charge in [0.1, 0.15) is 11.5 Å². The molecule has 1 fully saturated rings. The number of furan rings is 1. The summed E-state index contributed by atoms with van der Waals surface area (Å²) in [4.78, 5) is 25.4. The first-order valence-electron chi connectivity index (χ1n) is 6.92. The van der Waals surface area contributed by atoms with Crippen molar-refractivity contribution in [3.05, 3.63) is 76.9 Å². The van der Waals surface area contributed by atoms with Crippen molar-refractivity contribution in [2.24, 2.45) is 0 Å². The molecule has 1 aromatic carbocycles. The molecule has 0 unspecified atom stereocenters. The molecule has 3 rings (SSSR count). The Labute approximate surface area is 137 Å². The predicted octanol–water partition coefficient (Wildman–Crippen LogP) is 3.58. The molecule has 0 spiro atoms. The Morgan fingerprint density at radius 1 is 1.17 bits per heavy atom. The topological polar surface area (TPSA) is 62.6 Å². The number of amides is 3. The number of imide groups is 1. The zero-order valence-electron chi connectivity index (χ0n) is 12.0. The van der Waals surface area contributed by atoms with E-state index in [2.05, 4.69) is 5.32 Å². The van der Waals surface area contributed by atoms with Crippen LogP contribution >= 0.6 is 11.6 Å². The lowest BCUT2D eigenvalue weighted by Crippen LogP contribution is -2.30. The highest BCUT2D eigenvalue weighted by molar-refractivity contribution is 6.30. The Bertz CT molecular complexity index is 777. The molecule has 6 heteroatoms. The second-order valence-corrected chi connectivity index (χ2v) is 5.34. The number of benzene rings is 1. The summed E-state index contributed by atoms with van der Waals surface area (Å²) in [6.45, 7) is 0.196. The standard InChI is InChI=1S/C17H13ClN2O3/c18-13-8-6-12(7-9-13)11-20-16(21)15(19-17(20)22)5-1-3-14-4-2-10-23-14/h1-10H,11H2,(H,19,22)/b3-1+,15-5-. The van der Waals surface area contributed by atoms with Gasteiger partial charge in [-0.3, -0.25) is 9.69 Å². The molecular weight excluding hydrogens is 316 g/mol. The number of halogens is 1. The number of hydrogen-bond donors (Lipinski definition) is 1. The summed E-state index contributed by atoms with van der Waals surface area (Å²) in [6, 6.07) is 10.1. The first-order valence-corrected chi connectivity index (χ1v) is 7.30. The number of hydrogen-bond acceptors (Lipinski definition) is 3. The fraction of sp³-hybridized carbons (Fsp3) is 0.0588. The molecule has 2 aromatic rings. The minimum Gasteiger partial charge on any atom is -0.465 e. The average Bonchev–Trinajstić information content (AvgIpc) is 3.14. The summed E-state index contributed by atoms with van der Waals surface area (Å²) in [6.07, 6.45) is 6.46. The molecule has 0 radical (unpaired) electrons. The number of rotatable bonds is 4. The molecule has 1 aliphatic heterocycles. The highest BCUT2D eigenvalue weighted by atomic mass is 35.5. The highest BCUT2D eigenvalue weighted by Crippen LogP contribution is 2.16. The highest BCUT2D eigenvalue weighted by Gasteiger charge is 2.32. The maximum Gasteiger partial charge on any atom is 0.329 e. The quantitative estimate of drug-likeness (QED) is 0.689. The van der Waals surface area contributed by atoms with Gasteiger partial charge in [-0.2, -0.15) is 0 Å². The first kappa shape index (κ1) is 15.1. The second-order valence-electron chi connectivity index (χ2n) is 4.90. The van der Waals surface area contributed by atoms with Gasteiger partial charge in [-0.25, -0.2) is 4.79 Å². The summed E-state index contributed by atoms with van der Waals surface area (Å²) < 4.78 is 5.15. The van der Waals surface area contributed by atoms with Gasteiger partial charge < -0.3 is 9.73 Å². The molecule has 23 heavy (non-hydrogen) atoms. The van der Waals surface area contributed by atoms with Gasteiger partial charge in [-0.05, 0) is 42.0 Å². The van der Waals surface area contributed by atoms with Crippen molar-refractivity contribution >= 4 is 29.6 Å². The minimum atomic E-state index is -0.442. The average molecular weight is 329 g/mol. The lowest BCUT2D eigenvalue weighted by Gasteiger charge is -2.11. The van der Waals surface area contributed by atoms with Crippen LogP contribution in [-0.2, 0) is 11.3 Å². The van der Waals surface area contributed by atoms with Crippen LogP contribution in [0.15, 0.2) is 64.9 Å². The van der Waals surface area contributed by atoms with E-state index in [1.54, 1.807) is 60.9 Å². The summed E-state index contributed by atoms with van der Waals surface area (Å²) in [7, 11) is 0. The summed E-state index contributed by atoms with van der Waals surface area (Å²) >= 11 is 5.82. The number of carbonyl (C=O) groups is 2. The van der Waals surface area contributed by atoms with E-state index >= 15 is 0 Å². The molecule has 1 saturated heterocycles. The third-order valence-electron chi connectivity index (χ3n) is 3.28. The van der Waals surface area contributed by atoms with E-state index in [9.17, 15) is 9.59 Å². The van der Waals surface area contributed by atoms with Gasteiger partial charge in [-0.15, -0.1) is 0 Å². The van der Waals surface area contributed by atoms with E-state index in [1.807, 2.05) is 0 Å². The van der Waals surface area contributed by atoms with Crippen LogP contribution in [0.1, 0.15) is 11.3 Å². The third kappa shape index (κ3) is 3.52. The molecule has 0 saturated carbocycles. The van der Waals surface area contributed by atoms with Crippen molar-refractivity contribution < 1.29 is 14.0 Å². The molecule has 1 aromatic heterocycles. The van der Waals surface area contributed by atoms with E-state index in [4.69, 9.17) is 16.0 Å². The molecule has 0 aliphatic carbocycles. The van der Waals surface area contributed by atoms with Gasteiger partial charge in [0.05, 0.1) is 12.8 Å². The smallest absolute Gasteiger partial charge is 0.329 e. The Kier molecular flexibility index (Phi) is 4.30. The summed E-state index contributed by atoms with van der Waals surface area (Å²) in [5.74, 6) is 0.297. The van der Waals surface area contributed by atoms with Crippen LogP contribution in [-0.4, -0.2) is 16.8 Å². The predicted molar refractivity (Wildman–Crippen MR) is 86.4 cm³/mol. The van der Waals surface area contributed by atoms with Gasteiger partial charge in [0.15, 0.2) is 0 Å². The number of nitrogens with one attached hydrogen (secondary N) is 1. The fourth-order valence-electron chi connectivity index (χ4n) is 2.13. The lowest BCUT2D eigenvalue weighted by atomic mass is 10.2. The van der Waals surface area contributed by atoms with Crippen molar-refractivity contribution in [1.29, 1.82) is 0 Å². The zero-order valence-corrected chi connectivity index (χ0v) is 12.8. The summed E-state index contributed by atoms with van der Waals surface area (Å²) in [5, 5.41) is 3.16. The van der Waals surface area contributed by atoms with Crippen LogP contribution in [0, 0.1) is 0 Å². The maximum absolute atomic E-state index is 12.3. The number of nitrogens with zero attached hydrogens (tertiary/aromatic N) is 1. The SMILES string of the molecule is O=C1N/C(=C\C=C\c2ccco2)C(=O)N1Cc1ccc(Cl)cc1. The molecule has 116 valence electrons. The fourth-order valence-corrected chi connectivity index (χ4v) is 2.25. The molecule has 1 aliphatic rings. The molecule has 0 atom stereocenters. The van der Waals surface area contributed by atoms with E-state index in [1.165, 1.54) is 0 Å². The van der Waals surface area contributed by atoms with Gasteiger partial charge in [0.25, 0.3) is 5.91 Å². The van der Waals surface area contributed by atoms with E-state index < -0.39 is 6.03 Å². The van der Waals surface area contributed by atoms with Gasteiger partial charge in [0.2, 0.25) is 0 Å².